The number of rotatable bonds is 8. The first-order valence-electron chi connectivity index (χ1n) is 12.1. The molecule has 4 aromatic rings. The van der Waals surface area contributed by atoms with Gasteiger partial charge in [0.25, 0.3) is 5.91 Å². The lowest BCUT2D eigenvalue weighted by Crippen LogP contribution is -2.32. The average Bonchev–Trinajstić information content (AvgIpc) is 3.31. The van der Waals surface area contributed by atoms with Crippen LogP contribution in [0, 0.1) is 4.91 Å². The van der Waals surface area contributed by atoms with Crippen LogP contribution in [0.2, 0.25) is 0 Å². The number of nitrogens with one attached hydrogen (secondary N) is 1. The molecule has 1 aliphatic heterocycles. The Morgan fingerprint density at radius 1 is 1.06 bits per heavy atom. The van der Waals surface area contributed by atoms with Gasteiger partial charge in [0.1, 0.15) is 11.4 Å². The van der Waals surface area contributed by atoms with Crippen LogP contribution in [0.15, 0.2) is 78.3 Å². The number of likely N-dealkylation sites (tertiary alicyclic amines) is 1. The predicted octanol–water partition coefficient (Wildman–Crippen LogP) is 4.88. The highest BCUT2D eigenvalue weighted by Gasteiger charge is 2.21. The van der Waals surface area contributed by atoms with Crippen LogP contribution in [0.1, 0.15) is 45.8 Å². The topological polar surface area (TPSA) is 88.8 Å². The second-order valence-corrected chi connectivity index (χ2v) is 9.26. The van der Waals surface area contributed by atoms with Crippen molar-refractivity contribution in [3.05, 3.63) is 100 Å². The Hall–Kier alpha value is -4.04. The third-order valence-corrected chi connectivity index (χ3v) is 6.94. The number of benzene rings is 2. The second-order valence-electron chi connectivity index (χ2n) is 9.26. The van der Waals surface area contributed by atoms with E-state index >= 15 is 0 Å². The Morgan fingerprint density at radius 3 is 2.61 bits per heavy atom. The van der Waals surface area contributed by atoms with Crippen LogP contribution in [0.5, 0.6) is 5.75 Å². The molecule has 5 rings (SSSR count). The number of nitrogens with zero attached hydrogens (tertiary/aromatic N) is 4. The standard InChI is InChI=1S/C28H29N5O3/c1-36-26-4-2-3-21(15-26)18-32-12-9-22(10-13-32)25-16-24-11-14-33(27(24)29-17-25)19-20-5-7-23(8-6-20)28(34)30-31-35/h2-8,11,14-17,22H,9-10,12-13,18-19H2,1H3,(H,30,34,35). The smallest absolute Gasteiger partial charge is 0.273 e. The molecule has 0 bridgehead atoms. The number of aromatic nitrogens is 2. The number of fused-ring (bicyclic) bond motifs is 1. The van der Waals surface area contributed by atoms with Gasteiger partial charge < -0.3 is 9.30 Å². The Kier molecular flexibility index (Phi) is 7.04. The lowest BCUT2D eigenvalue weighted by molar-refractivity contribution is 0.0954. The van der Waals surface area contributed by atoms with Crippen molar-refractivity contribution in [1.82, 2.24) is 19.9 Å². The molecule has 1 amide bonds. The maximum Gasteiger partial charge on any atom is 0.273 e. The highest BCUT2D eigenvalue weighted by atomic mass is 16.5. The van der Waals surface area contributed by atoms with Gasteiger partial charge in [-0.15, -0.1) is 4.91 Å². The van der Waals surface area contributed by atoms with Crippen molar-refractivity contribution in [2.24, 2.45) is 5.29 Å². The predicted molar refractivity (Wildman–Crippen MR) is 139 cm³/mol. The van der Waals surface area contributed by atoms with Gasteiger partial charge in [0.15, 0.2) is 0 Å². The summed E-state index contributed by atoms with van der Waals surface area (Å²) in [7, 11) is 1.71. The van der Waals surface area contributed by atoms with Crippen LogP contribution in [0.3, 0.4) is 0 Å². The summed E-state index contributed by atoms with van der Waals surface area (Å²) in [6, 6.07) is 19.8. The van der Waals surface area contributed by atoms with E-state index in [4.69, 9.17) is 9.72 Å². The fraction of sp³-hybridized carbons (Fsp3) is 0.286. The van der Waals surface area contributed by atoms with Crippen LogP contribution in [-0.4, -0.2) is 40.6 Å². The van der Waals surface area contributed by atoms with Gasteiger partial charge in [0.05, 0.1) is 12.4 Å². The summed E-state index contributed by atoms with van der Waals surface area (Å²) in [5, 5.41) is 3.57. The highest BCUT2D eigenvalue weighted by molar-refractivity contribution is 5.93. The number of amides is 1. The molecule has 8 heteroatoms. The SMILES string of the molecule is COc1cccc(CN2CCC(c3cnc4c(ccn4Cc4ccc(C(=O)NN=O)cc4)c3)CC2)c1. The number of methoxy groups -OCH3 is 1. The number of hydrogen-bond donors (Lipinski definition) is 1. The minimum absolute atomic E-state index is 0.396. The third kappa shape index (κ3) is 5.28. The van der Waals surface area contributed by atoms with Crippen molar-refractivity contribution in [3.63, 3.8) is 0 Å². The maximum absolute atomic E-state index is 11.7. The monoisotopic (exact) mass is 483 g/mol. The Labute approximate surface area is 209 Å². The van der Waals surface area contributed by atoms with Gasteiger partial charge in [-0.3, -0.25) is 9.69 Å². The van der Waals surface area contributed by atoms with E-state index in [1.165, 1.54) is 11.1 Å². The Bertz CT molecular complexity index is 1360. The zero-order valence-electron chi connectivity index (χ0n) is 20.3. The van der Waals surface area contributed by atoms with E-state index in [0.717, 1.165) is 54.8 Å². The van der Waals surface area contributed by atoms with E-state index in [0.29, 0.717) is 18.0 Å². The number of hydrogen-bond acceptors (Lipinski definition) is 6. The number of carbonyl (C=O) groups excluding carboxylic acids is 1. The summed E-state index contributed by atoms with van der Waals surface area (Å²) in [4.78, 5) is 29.3. The summed E-state index contributed by atoms with van der Waals surface area (Å²) in [5.74, 6) is 0.917. The van der Waals surface area contributed by atoms with Gasteiger partial charge in [-0.2, -0.15) is 0 Å². The summed E-state index contributed by atoms with van der Waals surface area (Å²) in [5.41, 5.74) is 6.88. The molecule has 1 aliphatic rings. The van der Waals surface area contributed by atoms with Crippen LogP contribution in [-0.2, 0) is 13.1 Å². The number of ether oxygens (including phenoxy) is 1. The van der Waals surface area contributed by atoms with E-state index in [9.17, 15) is 9.70 Å². The Balaban J connectivity index is 1.21. The maximum atomic E-state index is 11.7. The van der Waals surface area contributed by atoms with Gasteiger partial charge in [-0.1, -0.05) is 24.3 Å². The summed E-state index contributed by atoms with van der Waals surface area (Å²) >= 11 is 0. The molecule has 0 spiro atoms. The zero-order chi connectivity index (χ0) is 24.9. The number of carbonyl (C=O) groups is 1. The van der Waals surface area contributed by atoms with E-state index in [1.54, 1.807) is 19.2 Å². The molecule has 184 valence electrons. The first-order chi connectivity index (χ1) is 17.6. The summed E-state index contributed by atoms with van der Waals surface area (Å²) < 4.78 is 7.47. The molecule has 3 heterocycles. The quantitative estimate of drug-likeness (QED) is 0.285. The molecule has 2 aromatic heterocycles. The summed E-state index contributed by atoms with van der Waals surface area (Å²) in [6.07, 6.45) is 6.32. The Morgan fingerprint density at radius 2 is 1.86 bits per heavy atom. The van der Waals surface area contributed by atoms with Crippen molar-refractivity contribution in [2.75, 3.05) is 20.2 Å². The van der Waals surface area contributed by atoms with Gasteiger partial charge >= 0.3 is 0 Å². The third-order valence-electron chi connectivity index (χ3n) is 6.94. The van der Waals surface area contributed by atoms with Crippen molar-refractivity contribution in [3.8, 4) is 5.75 Å². The van der Waals surface area contributed by atoms with Crippen LogP contribution in [0.25, 0.3) is 11.0 Å². The molecule has 36 heavy (non-hydrogen) atoms. The molecule has 1 saturated heterocycles. The lowest BCUT2D eigenvalue weighted by Gasteiger charge is -2.32. The molecule has 0 atom stereocenters. The van der Waals surface area contributed by atoms with Gasteiger partial charge in [0, 0.05) is 36.4 Å². The van der Waals surface area contributed by atoms with Gasteiger partial charge in [0.2, 0.25) is 0 Å². The van der Waals surface area contributed by atoms with Crippen LogP contribution >= 0.6 is 0 Å². The molecule has 1 N–H and O–H groups in total. The van der Waals surface area contributed by atoms with Gasteiger partial charge in [-0.05, 0) is 84.9 Å². The van der Waals surface area contributed by atoms with E-state index < -0.39 is 5.91 Å². The minimum Gasteiger partial charge on any atom is -0.497 e. The van der Waals surface area contributed by atoms with Crippen LogP contribution in [0.4, 0.5) is 0 Å². The molecular weight excluding hydrogens is 454 g/mol. The van der Waals surface area contributed by atoms with Crippen molar-refractivity contribution in [1.29, 1.82) is 0 Å². The molecular formula is C28H29N5O3. The fourth-order valence-electron chi connectivity index (χ4n) is 4.96. The normalized spacial score (nSPS) is 14.6. The molecule has 0 radical (unpaired) electrons. The lowest BCUT2D eigenvalue weighted by atomic mass is 9.90. The fourth-order valence-corrected chi connectivity index (χ4v) is 4.96. The van der Waals surface area contributed by atoms with Gasteiger partial charge in [-0.25, -0.2) is 10.4 Å². The molecule has 0 aliphatic carbocycles. The first-order valence-corrected chi connectivity index (χ1v) is 12.1. The summed E-state index contributed by atoms with van der Waals surface area (Å²) in [6.45, 7) is 3.73. The number of piperidine rings is 1. The number of nitroso groups, excluding NO2 is 1. The molecule has 0 unspecified atom stereocenters. The van der Waals surface area contributed by atoms with E-state index in [1.807, 2.05) is 29.8 Å². The van der Waals surface area contributed by atoms with Crippen molar-refractivity contribution < 1.29 is 9.53 Å². The molecule has 1 fully saturated rings. The molecule has 8 nitrogen and oxygen atoms in total. The first kappa shape index (κ1) is 23.7. The van der Waals surface area contributed by atoms with Crippen LogP contribution < -0.4 is 10.2 Å². The highest BCUT2D eigenvalue weighted by Crippen LogP contribution is 2.30. The second kappa shape index (κ2) is 10.7. The van der Waals surface area contributed by atoms with Crippen molar-refractivity contribution in [2.45, 2.75) is 31.8 Å². The minimum atomic E-state index is -0.511. The number of pyridine rings is 1. The molecule has 0 saturated carbocycles. The van der Waals surface area contributed by atoms with Crippen molar-refractivity contribution >= 4 is 16.9 Å². The average molecular weight is 484 g/mol. The zero-order valence-corrected chi connectivity index (χ0v) is 20.3. The largest absolute Gasteiger partial charge is 0.497 e. The molecule has 2 aromatic carbocycles. The van der Waals surface area contributed by atoms with E-state index in [2.05, 4.69) is 51.3 Å². The van der Waals surface area contributed by atoms with E-state index in [-0.39, 0.29) is 0 Å².